The Bertz CT molecular complexity index is 1380. The van der Waals surface area contributed by atoms with Gasteiger partial charge >= 0.3 is 13.7 Å². The first-order chi connectivity index (χ1) is 19.0. The molecule has 1 aromatic carbocycles. The second-order valence-corrected chi connectivity index (χ2v) is 10.9. The molecule has 0 aliphatic carbocycles. The minimum atomic E-state index is -4.27. The average Bonchev–Trinajstić information content (AvgIpc) is 3.43. The van der Waals surface area contributed by atoms with Crippen molar-refractivity contribution in [3.05, 3.63) is 36.7 Å². The summed E-state index contributed by atoms with van der Waals surface area (Å²) in [6.07, 6.45) is -2.48. The number of anilines is 1. The summed E-state index contributed by atoms with van der Waals surface area (Å²) in [6, 6.07) is 7.01. The number of nitrogens with one attached hydrogen (secondary N) is 1. The van der Waals surface area contributed by atoms with Crippen LogP contribution in [0.5, 0.6) is 11.6 Å². The monoisotopic (exact) mass is 582 g/mol. The van der Waals surface area contributed by atoms with Crippen LogP contribution in [0.25, 0.3) is 11.2 Å². The maximum atomic E-state index is 16.0. The van der Waals surface area contributed by atoms with Gasteiger partial charge in [-0.2, -0.15) is 15.1 Å². The fraction of sp³-hybridized carbons (Fsp3) is 0.500. The zero-order valence-corrected chi connectivity index (χ0v) is 23.3. The first-order valence-electron chi connectivity index (χ1n) is 12.5. The van der Waals surface area contributed by atoms with Crippen LogP contribution >= 0.6 is 7.75 Å². The molecule has 0 saturated carbocycles. The number of hydrogen-bond donors (Lipinski definition) is 3. The van der Waals surface area contributed by atoms with Crippen LogP contribution in [0.2, 0.25) is 0 Å². The number of fused-ring (bicyclic) bond motifs is 1. The number of esters is 1. The molecule has 2 aromatic heterocycles. The highest BCUT2D eigenvalue weighted by atomic mass is 31.2. The Labute approximate surface area is 229 Å². The molecule has 4 N–H and O–H groups in total. The molecule has 1 saturated heterocycles. The van der Waals surface area contributed by atoms with Crippen molar-refractivity contribution >= 4 is 30.8 Å². The van der Waals surface area contributed by atoms with Crippen LogP contribution in [0, 0.1) is 0 Å². The van der Waals surface area contributed by atoms with Crippen molar-refractivity contribution < 1.29 is 42.1 Å². The lowest BCUT2D eigenvalue weighted by molar-refractivity contribution is -0.142. The molecule has 0 radical (unpaired) electrons. The van der Waals surface area contributed by atoms with Crippen LogP contribution in [0.15, 0.2) is 36.7 Å². The lowest BCUT2D eigenvalue weighted by Crippen LogP contribution is -2.41. The molecule has 1 aliphatic rings. The van der Waals surface area contributed by atoms with Crippen molar-refractivity contribution in [1.82, 2.24) is 24.6 Å². The van der Waals surface area contributed by atoms with Gasteiger partial charge in [0.05, 0.1) is 26.7 Å². The van der Waals surface area contributed by atoms with Crippen LogP contribution in [0.4, 0.5) is 10.3 Å². The number of rotatable bonds is 12. The Morgan fingerprint density at radius 2 is 2.08 bits per heavy atom. The largest absolute Gasteiger partial charge is 0.476 e. The molecule has 0 bridgehead atoms. The highest BCUT2D eigenvalue weighted by molar-refractivity contribution is 7.52. The molecule has 16 heteroatoms. The third kappa shape index (κ3) is 6.18. The number of aliphatic hydroxyl groups excluding tert-OH is 1. The number of halogens is 1. The Hall–Kier alpha value is -3.36. The second kappa shape index (κ2) is 12.0. The summed E-state index contributed by atoms with van der Waals surface area (Å²) < 4.78 is 58.1. The molecule has 1 fully saturated rings. The molecule has 3 heterocycles. The number of aliphatic hydroxyl groups is 1. The van der Waals surface area contributed by atoms with E-state index < -0.39 is 50.5 Å². The molecule has 6 atom stereocenters. The number of carbonyl (C=O) groups excluding carboxylic acids is 1. The Morgan fingerprint density at radius 3 is 2.75 bits per heavy atom. The maximum absolute atomic E-state index is 16.0. The van der Waals surface area contributed by atoms with Gasteiger partial charge in [-0.3, -0.25) is 13.9 Å². The van der Waals surface area contributed by atoms with Gasteiger partial charge in [0.15, 0.2) is 23.1 Å². The lowest BCUT2D eigenvalue weighted by atomic mass is 9.98. The minimum absolute atomic E-state index is 0.121. The normalized spacial score (nSPS) is 24.9. The average molecular weight is 583 g/mol. The first kappa shape index (κ1) is 29.6. The number of para-hydroxylation sites is 1. The topological polar surface area (TPSA) is 182 Å². The van der Waals surface area contributed by atoms with E-state index in [2.05, 4.69) is 24.8 Å². The number of carbonyl (C=O) groups is 1. The zero-order valence-electron chi connectivity index (χ0n) is 22.4. The second-order valence-electron chi connectivity index (χ2n) is 9.25. The number of methoxy groups -OCH3 is 1. The Balaban J connectivity index is 1.57. The number of nitrogen functional groups attached to an aromatic ring is 1. The van der Waals surface area contributed by atoms with E-state index in [9.17, 15) is 14.5 Å². The number of nitrogens with two attached hydrogens (primary N) is 1. The molecule has 0 spiro atoms. The van der Waals surface area contributed by atoms with Crippen molar-refractivity contribution in [1.29, 1.82) is 0 Å². The summed E-state index contributed by atoms with van der Waals surface area (Å²) in [5.41, 5.74) is 3.84. The van der Waals surface area contributed by atoms with Gasteiger partial charge in [-0.1, -0.05) is 25.1 Å². The van der Waals surface area contributed by atoms with Crippen molar-refractivity contribution in [2.45, 2.75) is 57.3 Å². The highest BCUT2D eigenvalue weighted by Gasteiger charge is 2.56. The molecular formula is C24H32FN6O8P. The third-order valence-electron chi connectivity index (χ3n) is 6.10. The smallest absolute Gasteiger partial charge is 0.459 e. The van der Waals surface area contributed by atoms with E-state index in [0.717, 1.165) is 6.92 Å². The van der Waals surface area contributed by atoms with Crippen LogP contribution in [0.3, 0.4) is 0 Å². The van der Waals surface area contributed by atoms with Crippen molar-refractivity contribution in [3.8, 4) is 11.6 Å². The standard InChI is InChI=1S/C24H32FN6O8P/c1-5-11-36-20-17-19(28-23(26)29-20)31(13-27-17)22-24(3,25)18(32)16(38-22)12-37-40(34,30-14(2)21(33)35-4)39-15-9-7-6-8-10-15/h6-10,13-14,16,18,22,32H,5,11-12H2,1-4H3,(H,30,34)(H2,26,28,29)/t14-,16+,18+,22+,24+,40?/m0/s1. The quantitative estimate of drug-likeness (QED) is 0.209. The summed E-state index contributed by atoms with van der Waals surface area (Å²) in [6.45, 7) is 4.24. The number of hydrogen-bond acceptors (Lipinski definition) is 12. The Morgan fingerprint density at radius 1 is 1.35 bits per heavy atom. The van der Waals surface area contributed by atoms with Gasteiger partial charge < -0.3 is 29.6 Å². The summed E-state index contributed by atoms with van der Waals surface area (Å²) in [4.78, 5) is 24.4. The molecular weight excluding hydrogens is 550 g/mol. The van der Waals surface area contributed by atoms with Crippen molar-refractivity contribution in [3.63, 3.8) is 0 Å². The number of imidazole rings is 1. The van der Waals surface area contributed by atoms with Gasteiger partial charge in [0, 0.05) is 0 Å². The molecule has 218 valence electrons. The fourth-order valence-corrected chi connectivity index (χ4v) is 5.58. The van der Waals surface area contributed by atoms with E-state index in [1.807, 2.05) is 6.92 Å². The van der Waals surface area contributed by atoms with Gasteiger partial charge in [0.1, 0.15) is 24.0 Å². The van der Waals surface area contributed by atoms with E-state index in [-0.39, 0.29) is 28.7 Å². The number of aromatic nitrogens is 4. The summed E-state index contributed by atoms with van der Waals surface area (Å²) in [7, 11) is -3.09. The molecule has 40 heavy (non-hydrogen) atoms. The first-order valence-corrected chi connectivity index (χ1v) is 14.0. The van der Waals surface area contributed by atoms with Gasteiger partial charge in [-0.25, -0.2) is 13.9 Å². The molecule has 14 nitrogen and oxygen atoms in total. The molecule has 1 unspecified atom stereocenters. The molecule has 0 amide bonds. The van der Waals surface area contributed by atoms with Crippen LogP contribution in [-0.2, 0) is 23.4 Å². The third-order valence-corrected chi connectivity index (χ3v) is 7.75. The maximum Gasteiger partial charge on any atom is 0.459 e. The molecule has 1 aliphatic heterocycles. The minimum Gasteiger partial charge on any atom is -0.476 e. The summed E-state index contributed by atoms with van der Waals surface area (Å²) in [5.74, 6) is -0.527. The summed E-state index contributed by atoms with van der Waals surface area (Å²) in [5, 5.41) is 13.3. The van der Waals surface area contributed by atoms with Crippen LogP contribution in [0.1, 0.15) is 33.4 Å². The SMILES string of the molecule is CCCOc1nc(N)nc2c1ncn2[C@@H]1O[C@H](COP(=O)(N[C@@H](C)C(=O)OC)Oc2ccccc2)[C@@H](O)[C@@]1(C)F. The fourth-order valence-electron chi connectivity index (χ4n) is 4.08. The van der Waals surface area contributed by atoms with E-state index in [1.54, 1.807) is 18.2 Å². The number of alkyl halides is 1. The predicted molar refractivity (Wildman–Crippen MR) is 140 cm³/mol. The number of nitrogens with zero attached hydrogens (tertiary/aromatic N) is 4. The summed E-state index contributed by atoms with van der Waals surface area (Å²) >= 11 is 0. The molecule has 4 rings (SSSR count). The van der Waals surface area contributed by atoms with Gasteiger partial charge in [0.2, 0.25) is 11.8 Å². The number of ether oxygens (including phenoxy) is 3. The highest BCUT2D eigenvalue weighted by Crippen LogP contribution is 2.48. The van der Waals surface area contributed by atoms with Crippen molar-refractivity contribution in [2.24, 2.45) is 0 Å². The van der Waals surface area contributed by atoms with E-state index in [4.69, 9.17) is 24.3 Å². The zero-order chi connectivity index (χ0) is 29.1. The number of benzene rings is 1. The van der Waals surface area contributed by atoms with E-state index in [1.165, 1.54) is 37.1 Å². The van der Waals surface area contributed by atoms with Gasteiger partial charge in [0.25, 0.3) is 0 Å². The predicted octanol–water partition coefficient (Wildman–Crippen LogP) is 2.54. The van der Waals surface area contributed by atoms with Crippen LogP contribution in [-0.4, -0.2) is 74.8 Å². The lowest BCUT2D eigenvalue weighted by Gasteiger charge is -2.25. The van der Waals surface area contributed by atoms with Crippen molar-refractivity contribution in [2.75, 3.05) is 26.1 Å². The van der Waals surface area contributed by atoms with Crippen LogP contribution < -0.4 is 20.1 Å². The van der Waals surface area contributed by atoms with Gasteiger partial charge in [-0.15, -0.1) is 0 Å². The van der Waals surface area contributed by atoms with E-state index >= 15 is 4.39 Å². The molecule has 3 aromatic rings. The van der Waals surface area contributed by atoms with Gasteiger partial charge in [-0.05, 0) is 32.4 Å². The Kier molecular flexibility index (Phi) is 8.90. The van der Waals surface area contributed by atoms with E-state index in [0.29, 0.717) is 13.0 Å².